The van der Waals surface area contributed by atoms with E-state index in [1.807, 2.05) is 25.7 Å². The number of benzene rings is 1. The molecule has 1 aromatic rings. The van der Waals surface area contributed by atoms with Crippen molar-refractivity contribution in [2.75, 3.05) is 31.1 Å². The molecule has 0 radical (unpaired) electrons. The van der Waals surface area contributed by atoms with Crippen molar-refractivity contribution >= 4 is 11.6 Å². The Hall–Kier alpha value is -1.58. The molecule has 0 aromatic heterocycles. The molecular formula is C16H23FN2O. The maximum Gasteiger partial charge on any atom is 0.228 e. The Kier molecular flexibility index (Phi) is 4.31. The lowest BCUT2D eigenvalue weighted by Gasteiger charge is -2.39. The molecule has 20 heavy (non-hydrogen) atoms. The van der Waals surface area contributed by atoms with Gasteiger partial charge in [0, 0.05) is 37.3 Å². The maximum absolute atomic E-state index is 12.9. The molecule has 1 aromatic carbocycles. The molecule has 110 valence electrons. The van der Waals surface area contributed by atoms with Gasteiger partial charge in [-0.1, -0.05) is 20.8 Å². The molecule has 2 rings (SSSR count). The second kappa shape index (κ2) is 5.81. The molecule has 0 N–H and O–H groups in total. The molecule has 0 aliphatic carbocycles. The van der Waals surface area contributed by atoms with Crippen LogP contribution in [0.4, 0.5) is 10.1 Å². The molecule has 0 atom stereocenters. The molecule has 4 heteroatoms. The SMILES string of the molecule is CCC(C)(C)C(=O)N1CCN(c2ccc(F)cc2)CC1. The first kappa shape index (κ1) is 14.8. The van der Waals surface area contributed by atoms with Crippen LogP contribution in [0, 0.1) is 11.2 Å². The van der Waals surface area contributed by atoms with Gasteiger partial charge in [-0.05, 0) is 30.7 Å². The molecule has 0 spiro atoms. The standard InChI is InChI=1S/C16H23FN2O/c1-4-16(2,3)15(20)19-11-9-18(10-12-19)14-7-5-13(17)6-8-14/h5-8H,4,9-12H2,1-3H3. The molecule has 0 bridgehead atoms. The van der Waals surface area contributed by atoms with Gasteiger partial charge in [0.15, 0.2) is 0 Å². The van der Waals surface area contributed by atoms with Gasteiger partial charge in [0.05, 0.1) is 0 Å². The minimum atomic E-state index is -0.280. The van der Waals surface area contributed by atoms with E-state index in [0.717, 1.165) is 38.3 Å². The summed E-state index contributed by atoms with van der Waals surface area (Å²) in [5.74, 6) is 0.0195. The molecule has 0 unspecified atom stereocenters. The summed E-state index contributed by atoms with van der Waals surface area (Å²) in [6.45, 7) is 9.13. The van der Waals surface area contributed by atoms with Crippen LogP contribution in [0.2, 0.25) is 0 Å². The number of hydrogen-bond donors (Lipinski definition) is 0. The third kappa shape index (κ3) is 3.11. The average molecular weight is 278 g/mol. The molecule has 1 amide bonds. The molecule has 1 aliphatic rings. The molecular weight excluding hydrogens is 255 g/mol. The van der Waals surface area contributed by atoms with E-state index in [1.54, 1.807) is 12.1 Å². The van der Waals surface area contributed by atoms with E-state index in [-0.39, 0.29) is 17.1 Å². The van der Waals surface area contributed by atoms with Gasteiger partial charge in [0.1, 0.15) is 5.82 Å². The van der Waals surface area contributed by atoms with Crippen LogP contribution >= 0.6 is 0 Å². The highest BCUT2D eigenvalue weighted by Crippen LogP contribution is 2.24. The monoisotopic (exact) mass is 278 g/mol. The second-order valence-electron chi connectivity index (χ2n) is 5.99. The largest absolute Gasteiger partial charge is 0.368 e. The lowest BCUT2D eigenvalue weighted by Crippen LogP contribution is -2.52. The number of hydrogen-bond acceptors (Lipinski definition) is 2. The summed E-state index contributed by atoms with van der Waals surface area (Å²) in [4.78, 5) is 16.5. The van der Waals surface area contributed by atoms with Crippen molar-refractivity contribution in [3.8, 4) is 0 Å². The molecule has 1 saturated heterocycles. The maximum atomic E-state index is 12.9. The second-order valence-corrected chi connectivity index (χ2v) is 5.99. The summed E-state index contributed by atoms with van der Waals surface area (Å²) in [5, 5.41) is 0. The normalized spacial score (nSPS) is 16.4. The highest BCUT2D eigenvalue weighted by molar-refractivity contribution is 5.82. The number of rotatable bonds is 3. The quantitative estimate of drug-likeness (QED) is 0.848. The number of carbonyl (C=O) groups excluding carboxylic acids is 1. The van der Waals surface area contributed by atoms with Gasteiger partial charge < -0.3 is 9.80 Å². The summed E-state index contributed by atoms with van der Waals surface area (Å²) in [6.07, 6.45) is 0.851. The van der Waals surface area contributed by atoms with Crippen molar-refractivity contribution in [2.45, 2.75) is 27.2 Å². The van der Waals surface area contributed by atoms with E-state index >= 15 is 0 Å². The summed E-state index contributed by atoms with van der Waals surface area (Å²) in [7, 11) is 0. The Balaban J connectivity index is 1.96. The lowest BCUT2D eigenvalue weighted by molar-refractivity contribution is -0.140. The molecule has 3 nitrogen and oxygen atoms in total. The number of halogens is 1. The van der Waals surface area contributed by atoms with Crippen molar-refractivity contribution in [3.63, 3.8) is 0 Å². The number of anilines is 1. The average Bonchev–Trinajstić information content (AvgIpc) is 2.47. The Labute approximate surface area is 120 Å². The van der Waals surface area contributed by atoms with E-state index < -0.39 is 0 Å². The fraction of sp³-hybridized carbons (Fsp3) is 0.562. The first-order chi connectivity index (χ1) is 9.44. The Morgan fingerprint density at radius 1 is 1.15 bits per heavy atom. The van der Waals surface area contributed by atoms with Gasteiger partial charge in [0.2, 0.25) is 5.91 Å². The van der Waals surface area contributed by atoms with Crippen LogP contribution in [0.1, 0.15) is 27.2 Å². The van der Waals surface area contributed by atoms with E-state index in [9.17, 15) is 9.18 Å². The lowest BCUT2D eigenvalue weighted by atomic mass is 9.88. The van der Waals surface area contributed by atoms with Crippen molar-refractivity contribution in [3.05, 3.63) is 30.1 Å². The highest BCUT2D eigenvalue weighted by Gasteiger charge is 2.32. The van der Waals surface area contributed by atoms with Crippen molar-refractivity contribution in [1.82, 2.24) is 4.90 Å². The minimum Gasteiger partial charge on any atom is -0.368 e. The van der Waals surface area contributed by atoms with Crippen LogP contribution in [0.3, 0.4) is 0 Å². The zero-order chi connectivity index (χ0) is 14.8. The van der Waals surface area contributed by atoms with Gasteiger partial charge >= 0.3 is 0 Å². The van der Waals surface area contributed by atoms with E-state index in [1.165, 1.54) is 12.1 Å². The van der Waals surface area contributed by atoms with Crippen LogP contribution in [0.5, 0.6) is 0 Å². The van der Waals surface area contributed by atoms with E-state index in [4.69, 9.17) is 0 Å². The summed E-state index contributed by atoms with van der Waals surface area (Å²) in [6, 6.07) is 6.55. The number of amides is 1. The van der Waals surface area contributed by atoms with E-state index in [0.29, 0.717) is 0 Å². The molecule has 1 heterocycles. The first-order valence-corrected chi connectivity index (χ1v) is 7.24. The fourth-order valence-electron chi connectivity index (χ4n) is 2.40. The zero-order valence-electron chi connectivity index (χ0n) is 12.5. The predicted molar refractivity (Wildman–Crippen MR) is 79.3 cm³/mol. The minimum absolute atomic E-state index is 0.216. The summed E-state index contributed by atoms with van der Waals surface area (Å²) in [5.41, 5.74) is 0.742. The number of carbonyl (C=O) groups is 1. The zero-order valence-corrected chi connectivity index (χ0v) is 12.5. The topological polar surface area (TPSA) is 23.6 Å². The third-order valence-corrected chi connectivity index (χ3v) is 4.22. The van der Waals surface area contributed by atoms with E-state index in [2.05, 4.69) is 4.90 Å². The van der Waals surface area contributed by atoms with Crippen LogP contribution in [0.25, 0.3) is 0 Å². The smallest absolute Gasteiger partial charge is 0.228 e. The summed E-state index contributed by atoms with van der Waals surface area (Å²) >= 11 is 0. The fourth-order valence-corrected chi connectivity index (χ4v) is 2.40. The first-order valence-electron chi connectivity index (χ1n) is 7.24. The third-order valence-electron chi connectivity index (χ3n) is 4.22. The van der Waals surface area contributed by atoms with Crippen LogP contribution in [-0.2, 0) is 4.79 Å². The van der Waals surface area contributed by atoms with Crippen molar-refractivity contribution in [2.24, 2.45) is 5.41 Å². The Morgan fingerprint density at radius 2 is 1.70 bits per heavy atom. The predicted octanol–water partition coefficient (Wildman–Crippen LogP) is 2.91. The number of piperazine rings is 1. The molecule has 0 saturated carbocycles. The van der Waals surface area contributed by atoms with Crippen molar-refractivity contribution in [1.29, 1.82) is 0 Å². The van der Waals surface area contributed by atoms with Gasteiger partial charge in [-0.15, -0.1) is 0 Å². The van der Waals surface area contributed by atoms with Gasteiger partial charge in [-0.2, -0.15) is 0 Å². The van der Waals surface area contributed by atoms with Crippen LogP contribution in [-0.4, -0.2) is 37.0 Å². The van der Waals surface area contributed by atoms with Gasteiger partial charge in [0.25, 0.3) is 0 Å². The highest BCUT2D eigenvalue weighted by atomic mass is 19.1. The van der Waals surface area contributed by atoms with Crippen LogP contribution < -0.4 is 4.90 Å². The van der Waals surface area contributed by atoms with Crippen molar-refractivity contribution < 1.29 is 9.18 Å². The summed E-state index contributed by atoms with van der Waals surface area (Å²) < 4.78 is 12.9. The molecule has 1 aliphatic heterocycles. The molecule has 1 fully saturated rings. The van der Waals surface area contributed by atoms with Crippen LogP contribution in [0.15, 0.2) is 24.3 Å². The Bertz CT molecular complexity index is 462. The van der Waals surface area contributed by atoms with Gasteiger partial charge in [-0.3, -0.25) is 4.79 Å². The Morgan fingerprint density at radius 3 is 2.20 bits per heavy atom. The number of nitrogens with zero attached hydrogens (tertiary/aromatic N) is 2. The van der Waals surface area contributed by atoms with Gasteiger partial charge in [-0.25, -0.2) is 4.39 Å².